The Labute approximate surface area is 119 Å². The molecule has 2 unspecified atom stereocenters. The number of nitrogens with zero attached hydrogens (tertiary/aromatic N) is 2. The predicted octanol–water partition coefficient (Wildman–Crippen LogP) is -2.98. The van der Waals surface area contributed by atoms with E-state index in [1.165, 1.54) is 0 Å². The van der Waals surface area contributed by atoms with E-state index in [2.05, 4.69) is 9.97 Å². The summed E-state index contributed by atoms with van der Waals surface area (Å²) in [4.78, 5) is 27.1. The number of carboxylic acids is 2. The molecule has 0 aliphatic rings. The van der Waals surface area contributed by atoms with E-state index in [4.69, 9.17) is 37.6 Å². The number of nitrogen functional groups attached to an aromatic ring is 2. The minimum absolute atomic E-state index is 0.197. The molecule has 0 radical (unpaired) electrons. The fourth-order valence-corrected chi connectivity index (χ4v) is 1.05. The van der Waals surface area contributed by atoms with Crippen LogP contribution >= 0.6 is 0 Å². The third-order valence-electron chi connectivity index (χ3n) is 2.14. The van der Waals surface area contributed by atoms with Crippen LogP contribution in [-0.2, 0) is 16.0 Å². The second-order valence-electron chi connectivity index (χ2n) is 3.74. The first-order chi connectivity index (χ1) is 9.70. The molecular formula is C10H17N5O6. The molecule has 21 heavy (non-hydrogen) atoms. The van der Waals surface area contributed by atoms with E-state index in [1.807, 2.05) is 0 Å². The van der Waals surface area contributed by atoms with Crippen molar-refractivity contribution in [2.45, 2.75) is 18.6 Å². The Balaban J connectivity index is 0.000000384. The molecule has 0 spiro atoms. The van der Waals surface area contributed by atoms with Crippen molar-refractivity contribution in [3.63, 3.8) is 0 Å². The van der Waals surface area contributed by atoms with Crippen molar-refractivity contribution in [3.8, 4) is 0 Å². The van der Waals surface area contributed by atoms with E-state index in [9.17, 15) is 9.59 Å². The maximum absolute atomic E-state index is 9.77. The molecule has 11 heteroatoms. The Morgan fingerprint density at radius 2 is 1.62 bits per heavy atom. The summed E-state index contributed by atoms with van der Waals surface area (Å²) in [5, 5.41) is 32.5. The highest BCUT2D eigenvalue weighted by atomic mass is 16.4. The summed E-state index contributed by atoms with van der Waals surface area (Å²) in [5.41, 5.74) is 17.0. The van der Waals surface area contributed by atoms with Gasteiger partial charge in [-0.1, -0.05) is 0 Å². The van der Waals surface area contributed by atoms with Gasteiger partial charge in [0.2, 0.25) is 5.95 Å². The molecule has 1 rings (SSSR count). The average Bonchev–Trinajstić information content (AvgIpc) is 2.41. The lowest BCUT2D eigenvalue weighted by Crippen LogP contribution is -2.39. The summed E-state index contributed by atoms with van der Waals surface area (Å²) in [5.74, 6) is -2.92. The molecular weight excluding hydrogens is 286 g/mol. The van der Waals surface area contributed by atoms with E-state index in [1.54, 1.807) is 6.20 Å². The molecule has 0 fully saturated rings. The van der Waals surface area contributed by atoms with E-state index >= 15 is 0 Å². The first kappa shape index (κ1) is 18.5. The fourth-order valence-electron chi connectivity index (χ4n) is 1.05. The van der Waals surface area contributed by atoms with Gasteiger partial charge in [0.1, 0.15) is 5.82 Å². The largest absolute Gasteiger partial charge is 0.479 e. The summed E-state index contributed by atoms with van der Waals surface area (Å²) in [6.07, 6.45) is -2.24. The van der Waals surface area contributed by atoms with Crippen LogP contribution in [0.2, 0.25) is 0 Å². The molecule has 0 saturated carbocycles. The van der Waals surface area contributed by atoms with E-state index in [0.29, 0.717) is 18.8 Å². The summed E-state index contributed by atoms with van der Waals surface area (Å²) in [6, 6.07) is 0. The number of carboxylic acid groups (broad SMARTS) is 2. The van der Waals surface area contributed by atoms with Gasteiger partial charge >= 0.3 is 11.9 Å². The summed E-state index contributed by atoms with van der Waals surface area (Å²) in [6.45, 7) is 0.539. The zero-order valence-electron chi connectivity index (χ0n) is 10.9. The standard InChI is InChI=1S/C6H11N5.C4H6O6/c7-2-1-4-3-10-6(9)11-5(4)8;5-1(3(7)8)2(6)4(9)10/h3H,1-2,7H2,(H4,8,9,10,11);1-2,5-6H,(H,7,8)(H,9,10). The van der Waals surface area contributed by atoms with Gasteiger partial charge in [-0.05, 0) is 13.0 Å². The molecule has 0 aliphatic heterocycles. The monoisotopic (exact) mass is 303 g/mol. The fraction of sp³-hybridized carbons (Fsp3) is 0.400. The van der Waals surface area contributed by atoms with E-state index in [-0.39, 0.29) is 5.95 Å². The Hall–Kier alpha value is -2.50. The number of hydrogen-bond acceptors (Lipinski definition) is 9. The quantitative estimate of drug-likeness (QED) is 0.291. The molecule has 0 saturated heterocycles. The Morgan fingerprint density at radius 3 is 1.95 bits per heavy atom. The molecule has 118 valence electrons. The smallest absolute Gasteiger partial charge is 0.335 e. The minimum Gasteiger partial charge on any atom is -0.479 e. The number of carbonyl (C=O) groups is 2. The average molecular weight is 303 g/mol. The maximum Gasteiger partial charge on any atom is 0.335 e. The van der Waals surface area contributed by atoms with Gasteiger partial charge in [-0.25, -0.2) is 14.6 Å². The third kappa shape index (κ3) is 6.47. The highest BCUT2D eigenvalue weighted by molar-refractivity contribution is 5.83. The molecule has 1 aromatic heterocycles. The van der Waals surface area contributed by atoms with Crippen LogP contribution in [0.25, 0.3) is 0 Å². The topological polar surface area (TPSA) is 219 Å². The number of anilines is 2. The number of aliphatic carboxylic acids is 2. The lowest BCUT2D eigenvalue weighted by Gasteiger charge is -2.07. The van der Waals surface area contributed by atoms with Gasteiger partial charge in [0.25, 0.3) is 0 Å². The number of hydrogen-bond donors (Lipinski definition) is 7. The van der Waals surface area contributed by atoms with Crippen molar-refractivity contribution in [1.82, 2.24) is 9.97 Å². The molecule has 11 nitrogen and oxygen atoms in total. The zero-order chi connectivity index (χ0) is 16.6. The van der Waals surface area contributed by atoms with Gasteiger partial charge in [0.15, 0.2) is 12.2 Å². The van der Waals surface area contributed by atoms with Crippen molar-refractivity contribution in [2.24, 2.45) is 5.73 Å². The number of aliphatic hydroxyl groups is 2. The molecule has 0 aromatic carbocycles. The van der Waals surface area contributed by atoms with Crippen LogP contribution in [0.5, 0.6) is 0 Å². The summed E-state index contributed by atoms with van der Waals surface area (Å²) in [7, 11) is 0. The van der Waals surface area contributed by atoms with Gasteiger partial charge in [-0.3, -0.25) is 0 Å². The molecule has 0 aliphatic carbocycles. The van der Waals surface area contributed by atoms with Crippen molar-refractivity contribution in [3.05, 3.63) is 11.8 Å². The van der Waals surface area contributed by atoms with E-state index in [0.717, 1.165) is 5.56 Å². The number of rotatable bonds is 5. The van der Waals surface area contributed by atoms with Gasteiger partial charge in [0, 0.05) is 11.8 Å². The maximum atomic E-state index is 9.77. The van der Waals surface area contributed by atoms with Crippen LogP contribution in [0.1, 0.15) is 5.56 Å². The van der Waals surface area contributed by atoms with Crippen LogP contribution in [0.15, 0.2) is 6.20 Å². The number of aromatic nitrogens is 2. The highest BCUT2D eigenvalue weighted by Crippen LogP contribution is 2.07. The molecule has 1 heterocycles. The molecule has 1 aromatic rings. The van der Waals surface area contributed by atoms with Crippen LogP contribution in [0.3, 0.4) is 0 Å². The molecule has 2 atom stereocenters. The Bertz CT molecular complexity index is 479. The number of aliphatic hydroxyl groups excluding tert-OH is 2. The Kier molecular flexibility index (Phi) is 7.60. The predicted molar refractivity (Wildman–Crippen MR) is 70.9 cm³/mol. The third-order valence-corrected chi connectivity index (χ3v) is 2.14. The van der Waals surface area contributed by atoms with Crippen LogP contribution in [0.4, 0.5) is 11.8 Å². The molecule has 0 bridgehead atoms. The minimum atomic E-state index is -2.27. The zero-order valence-corrected chi connectivity index (χ0v) is 10.9. The number of nitrogens with two attached hydrogens (primary N) is 3. The lowest BCUT2D eigenvalue weighted by molar-refractivity contribution is -0.165. The van der Waals surface area contributed by atoms with E-state index < -0.39 is 24.1 Å². The first-order valence-corrected chi connectivity index (χ1v) is 5.59. The Morgan fingerprint density at radius 1 is 1.14 bits per heavy atom. The normalized spacial score (nSPS) is 12.7. The van der Waals surface area contributed by atoms with Crippen molar-refractivity contribution in [2.75, 3.05) is 18.0 Å². The summed E-state index contributed by atoms with van der Waals surface area (Å²) >= 11 is 0. The van der Waals surface area contributed by atoms with Crippen LogP contribution < -0.4 is 17.2 Å². The van der Waals surface area contributed by atoms with Gasteiger partial charge in [-0.15, -0.1) is 0 Å². The second-order valence-corrected chi connectivity index (χ2v) is 3.74. The van der Waals surface area contributed by atoms with Crippen molar-refractivity contribution < 1.29 is 30.0 Å². The summed E-state index contributed by atoms with van der Waals surface area (Å²) < 4.78 is 0. The van der Waals surface area contributed by atoms with Crippen LogP contribution in [-0.4, -0.2) is 61.1 Å². The van der Waals surface area contributed by atoms with Gasteiger partial charge in [0.05, 0.1) is 0 Å². The first-order valence-electron chi connectivity index (χ1n) is 5.59. The SMILES string of the molecule is NCCc1cnc(N)nc1N.O=C(O)C(O)C(O)C(=O)O. The molecule has 0 amide bonds. The van der Waals surface area contributed by atoms with Crippen molar-refractivity contribution >= 4 is 23.7 Å². The van der Waals surface area contributed by atoms with Crippen molar-refractivity contribution in [1.29, 1.82) is 0 Å². The van der Waals surface area contributed by atoms with Gasteiger partial charge < -0.3 is 37.6 Å². The van der Waals surface area contributed by atoms with Gasteiger partial charge in [-0.2, -0.15) is 4.98 Å². The highest BCUT2D eigenvalue weighted by Gasteiger charge is 2.29. The second kappa shape index (κ2) is 8.63. The lowest BCUT2D eigenvalue weighted by atomic mass is 10.2. The van der Waals surface area contributed by atoms with Crippen LogP contribution in [0, 0.1) is 0 Å². The molecule has 10 N–H and O–H groups in total.